The predicted octanol–water partition coefficient (Wildman–Crippen LogP) is 4.13. The molecule has 1 N–H and O–H groups in total. The molecule has 3 rings (SSSR count). The highest BCUT2D eigenvalue weighted by molar-refractivity contribution is 6.41. The molecule has 136 valence electrons. The fraction of sp³-hybridized carbons (Fsp3) is 0.316. The van der Waals surface area contributed by atoms with E-state index in [0.717, 1.165) is 24.8 Å². The maximum absolute atomic E-state index is 12.5. The van der Waals surface area contributed by atoms with E-state index >= 15 is 0 Å². The van der Waals surface area contributed by atoms with Gasteiger partial charge in [-0.25, -0.2) is 9.78 Å². The molecule has 1 aromatic carbocycles. The van der Waals surface area contributed by atoms with Gasteiger partial charge in [0.25, 0.3) is 5.91 Å². The number of benzene rings is 1. The highest BCUT2D eigenvalue weighted by atomic mass is 35.5. The molecule has 0 radical (unpaired) electrons. The number of pyridine rings is 1. The number of nitrogens with zero attached hydrogens (tertiary/aromatic N) is 1. The molecule has 5 nitrogen and oxygen atoms in total. The normalized spacial score (nSPS) is 17.1. The smallest absolute Gasteiger partial charge is 0.340 e. The van der Waals surface area contributed by atoms with Gasteiger partial charge in [0.1, 0.15) is 5.15 Å². The quantitative estimate of drug-likeness (QED) is 0.627. The van der Waals surface area contributed by atoms with Crippen LogP contribution in [-0.4, -0.2) is 23.0 Å². The van der Waals surface area contributed by atoms with Crippen LogP contribution in [0.4, 0.5) is 0 Å². The molecular formula is C19H18Cl2N2O3. The maximum Gasteiger partial charge on any atom is 0.340 e. The summed E-state index contributed by atoms with van der Waals surface area (Å²) >= 11 is 11.6. The average molecular weight is 393 g/mol. The highest BCUT2D eigenvalue weighted by Crippen LogP contribution is 2.29. The van der Waals surface area contributed by atoms with Gasteiger partial charge in [-0.15, -0.1) is 0 Å². The molecule has 1 aromatic heterocycles. The van der Waals surface area contributed by atoms with E-state index in [-0.39, 0.29) is 27.7 Å². The van der Waals surface area contributed by atoms with Crippen LogP contribution >= 0.6 is 23.2 Å². The van der Waals surface area contributed by atoms with Crippen molar-refractivity contribution >= 4 is 35.1 Å². The van der Waals surface area contributed by atoms with E-state index in [1.807, 2.05) is 18.2 Å². The van der Waals surface area contributed by atoms with E-state index < -0.39 is 12.1 Å². The third-order valence-corrected chi connectivity index (χ3v) is 5.06. The van der Waals surface area contributed by atoms with E-state index in [9.17, 15) is 9.59 Å². The minimum atomic E-state index is -0.939. The van der Waals surface area contributed by atoms with Crippen molar-refractivity contribution in [3.63, 3.8) is 0 Å². The molecule has 0 bridgehead atoms. The van der Waals surface area contributed by atoms with E-state index in [4.69, 9.17) is 27.9 Å². The maximum atomic E-state index is 12.5. The standard InChI is InChI=1S/C19H18Cl2N2O3/c1-11(26-19(25)13-9-15(20)17(21)22-10-13)18(24)23-16-8-4-6-12-5-2-3-7-14(12)16/h2-3,5,7,9-11,16H,4,6,8H2,1H3,(H,23,24)/t11-,16+/m0/s1. The molecule has 0 unspecified atom stereocenters. The summed E-state index contributed by atoms with van der Waals surface area (Å²) in [6.07, 6.45) is 3.20. The lowest BCUT2D eigenvalue weighted by Crippen LogP contribution is -2.39. The van der Waals surface area contributed by atoms with Crippen molar-refractivity contribution in [3.8, 4) is 0 Å². The van der Waals surface area contributed by atoms with Crippen molar-refractivity contribution in [1.29, 1.82) is 0 Å². The molecule has 2 atom stereocenters. The minimum absolute atomic E-state index is 0.0692. The van der Waals surface area contributed by atoms with Gasteiger partial charge in [0, 0.05) is 6.20 Å². The minimum Gasteiger partial charge on any atom is -0.449 e. The molecule has 0 saturated heterocycles. The molecular weight excluding hydrogens is 375 g/mol. The Labute approximate surface area is 161 Å². The number of nitrogens with one attached hydrogen (secondary N) is 1. The SMILES string of the molecule is C[C@H](OC(=O)c1cnc(Cl)c(Cl)c1)C(=O)N[C@@H]1CCCc2ccccc21. The number of amides is 1. The van der Waals surface area contributed by atoms with Crippen LogP contribution in [0.1, 0.15) is 47.3 Å². The molecule has 1 aliphatic rings. The van der Waals surface area contributed by atoms with Crippen LogP contribution in [0.5, 0.6) is 0 Å². The Morgan fingerprint density at radius 1 is 1.31 bits per heavy atom. The fourth-order valence-electron chi connectivity index (χ4n) is 3.01. The van der Waals surface area contributed by atoms with Gasteiger partial charge in [0.05, 0.1) is 16.6 Å². The Morgan fingerprint density at radius 3 is 2.85 bits per heavy atom. The number of hydrogen-bond acceptors (Lipinski definition) is 4. The van der Waals surface area contributed by atoms with Gasteiger partial charge in [0.2, 0.25) is 0 Å². The van der Waals surface area contributed by atoms with Crippen molar-refractivity contribution in [2.24, 2.45) is 0 Å². The number of halogens is 2. The van der Waals surface area contributed by atoms with E-state index in [0.29, 0.717) is 0 Å². The number of carbonyl (C=O) groups is 2. The van der Waals surface area contributed by atoms with Crippen molar-refractivity contribution in [3.05, 3.63) is 63.4 Å². The van der Waals surface area contributed by atoms with Gasteiger partial charge in [-0.3, -0.25) is 4.79 Å². The van der Waals surface area contributed by atoms with Crippen molar-refractivity contribution < 1.29 is 14.3 Å². The Balaban J connectivity index is 1.63. The topological polar surface area (TPSA) is 68.3 Å². The number of aryl methyl sites for hydroxylation is 1. The van der Waals surface area contributed by atoms with Crippen molar-refractivity contribution in [2.75, 3.05) is 0 Å². The van der Waals surface area contributed by atoms with Crippen LogP contribution in [0.3, 0.4) is 0 Å². The Kier molecular flexibility index (Phi) is 5.79. The van der Waals surface area contributed by atoms with Crippen molar-refractivity contribution in [2.45, 2.75) is 38.3 Å². The van der Waals surface area contributed by atoms with Gasteiger partial charge >= 0.3 is 5.97 Å². The van der Waals surface area contributed by atoms with Crippen LogP contribution in [0, 0.1) is 0 Å². The Hall–Kier alpha value is -2.11. The van der Waals surface area contributed by atoms with Gasteiger partial charge < -0.3 is 10.1 Å². The molecule has 0 saturated carbocycles. The second kappa shape index (κ2) is 8.06. The first-order chi connectivity index (χ1) is 12.5. The number of carbonyl (C=O) groups excluding carboxylic acids is 2. The molecule has 1 heterocycles. The van der Waals surface area contributed by atoms with Crippen LogP contribution in [0.2, 0.25) is 10.2 Å². The second-order valence-electron chi connectivity index (χ2n) is 6.20. The average Bonchev–Trinajstić information content (AvgIpc) is 2.64. The van der Waals surface area contributed by atoms with Crippen LogP contribution in [0.25, 0.3) is 0 Å². The zero-order valence-electron chi connectivity index (χ0n) is 14.2. The third kappa shape index (κ3) is 4.17. The number of fused-ring (bicyclic) bond motifs is 1. The van der Waals surface area contributed by atoms with E-state index in [2.05, 4.69) is 16.4 Å². The second-order valence-corrected chi connectivity index (χ2v) is 6.96. The molecule has 0 spiro atoms. The molecule has 2 aromatic rings. The summed E-state index contributed by atoms with van der Waals surface area (Å²) in [5, 5.41) is 3.23. The van der Waals surface area contributed by atoms with E-state index in [1.54, 1.807) is 0 Å². The van der Waals surface area contributed by atoms with Gasteiger partial charge in [-0.1, -0.05) is 47.5 Å². The largest absolute Gasteiger partial charge is 0.449 e. The molecule has 0 fully saturated rings. The number of ether oxygens (including phenoxy) is 1. The third-order valence-electron chi connectivity index (χ3n) is 4.37. The lowest BCUT2D eigenvalue weighted by Gasteiger charge is -2.27. The summed E-state index contributed by atoms with van der Waals surface area (Å²) in [6.45, 7) is 1.53. The first kappa shape index (κ1) is 18.7. The number of esters is 1. The van der Waals surface area contributed by atoms with Gasteiger partial charge in [-0.05, 0) is 43.4 Å². The lowest BCUT2D eigenvalue weighted by atomic mass is 9.87. The number of hydrogen-bond donors (Lipinski definition) is 1. The van der Waals surface area contributed by atoms with Crippen LogP contribution < -0.4 is 5.32 Å². The van der Waals surface area contributed by atoms with Gasteiger partial charge in [0.15, 0.2) is 6.10 Å². The zero-order chi connectivity index (χ0) is 18.7. The molecule has 7 heteroatoms. The zero-order valence-corrected chi connectivity index (χ0v) is 15.7. The number of rotatable bonds is 4. The summed E-state index contributed by atoms with van der Waals surface area (Å²) in [6, 6.07) is 9.36. The summed E-state index contributed by atoms with van der Waals surface area (Å²) in [7, 11) is 0. The fourth-order valence-corrected chi connectivity index (χ4v) is 3.28. The summed E-state index contributed by atoms with van der Waals surface area (Å²) in [4.78, 5) is 28.4. The Bertz CT molecular complexity index is 841. The summed E-state index contributed by atoms with van der Waals surface area (Å²) in [5.41, 5.74) is 2.51. The first-order valence-electron chi connectivity index (χ1n) is 8.36. The summed E-state index contributed by atoms with van der Waals surface area (Å²) in [5.74, 6) is -1.02. The lowest BCUT2D eigenvalue weighted by molar-refractivity contribution is -0.130. The monoisotopic (exact) mass is 392 g/mol. The van der Waals surface area contributed by atoms with Crippen molar-refractivity contribution in [1.82, 2.24) is 10.3 Å². The number of aromatic nitrogens is 1. The first-order valence-corrected chi connectivity index (χ1v) is 9.11. The molecule has 1 aliphatic carbocycles. The predicted molar refractivity (Wildman–Crippen MR) is 99.4 cm³/mol. The van der Waals surface area contributed by atoms with Crippen LogP contribution in [0.15, 0.2) is 36.5 Å². The van der Waals surface area contributed by atoms with Crippen LogP contribution in [-0.2, 0) is 16.0 Å². The highest BCUT2D eigenvalue weighted by Gasteiger charge is 2.25. The molecule has 26 heavy (non-hydrogen) atoms. The Morgan fingerprint density at radius 2 is 2.08 bits per heavy atom. The van der Waals surface area contributed by atoms with Gasteiger partial charge in [-0.2, -0.15) is 0 Å². The summed E-state index contributed by atoms with van der Waals surface area (Å²) < 4.78 is 5.23. The molecule has 0 aliphatic heterocycles. The molecule has 1 amide bonds. The van der Waals surface area contributed by atoms with E-state index in [1.165, 1.54) is 24.8 Å².